The summed E-state index contributed by atoms with van der Waals surface area (Å²) in [7, 11) is 5.28. The molecule has 1 aliphatic heterocycles. The van der Waals surface area contributed by atoms with E-state index in [4.69, 9.17) is 9.47 Å². The van der Waals surface area contributed by atoms with Gasteiger partial charge in [-0.3, -0.25) is 9.69 Å². The molecule has 5 heteroatoms. The van der Waals surface area contributed by atoms with Crippen molar-refractivity contribution in [2.24, 2.45) is 0 Å². The van der Waals surface area contributed by atoms with E-state index in [0.717, 1.165) is 48.7 Å². The Kier molecular flexibility index (Phi) is 6.01. The lowest BCUT2D eigenvalue weighted by atomic mass is 10.1. The van der Waals surface area contributed by atoms with Crippen molar-refractivity contribution in [3.05, 3.63) is 53.6 Å². The number of anilines is 1. The molecule has 1 heterocycles. The SMILES string of the molecule is COc1ccc(CCN(C)C(C)C(=O)N2CCc3ccccc32)cc1OC. The summed E-state index contributed by atoms with van der Waals surface area (Å²) in [5.41, 5.74) is 3.47. The smallest absolute Gasteiger partial charge is 0.244 e. The summed E-state index contributed by atoms with van der Waals surface area (Å²) in [6.07, 6.45) is 1.77. The fourth-order valence-electron chi connectivity index (χ4n) is 3.52. The lowest BCUT2D eigenvalue weighted by Gasteiger charge is -2.28. The van der Waals surface area contributed by atoms with Gasteiger partial charge in [-0.1, -0.05) is 24.3 Å². The third-order valence-corrected chi connectivity index (χ3v) is 5.37. The second kappa shape index (κ2) is 8.44. The first-order valence-corrected chi connectivity index (χ1v) is 9.35. The highest BCUT2D eigenvalue weighted by atomic mass is 16.5. The standard InChI is InChI=1S/C22H28N2O3/c1-16(22(25)24-14-12-18-7-5-6-8-19(18)24)23(2)13-11-17-9-10-20(26-3)21(15-17)27-4/h5-10,15-16H,11-14H2,1-4H3. The maximum atomic E-state index is 13.0. The zero-order valence-electron chi connectivity index (χ0n) is 16.6. The molecule has 27 heavy (non-hydrogen) atoms. The Labute approximate surface area is 161 Å². The van der Waals surface area contributed by atoms with Crippen molar-refractivity contribution in [3.63, 3.8) is 0 Å². The quantitative estimate of drug-likeness (QED) is 0.753. The third-order valence-electron chi connectivity index (χ3n) is 5.37. The van der Waals surface area contributed by atoms with Gasteiger partial charge >= 0.3 is 0 Å². The number of methoxy groups -OCH3 is 2. The molecule has 0 bridgehead atoms. The minimum absolute atomic E-state index is 0.162. The predicted octanol–water partition coefficient (Wildman–Crippen LogP) is 3.16. The molecule has 0 aliphatic carbocycles. The molecule has 1 aliphatic rings. The summed E-state index contributed by atoms with van der Waals surface area (Å²) in [6, 6.07) is 14.0. The molecular formula is C22H28N2O3. The monoisotopic (exact) mass is 368 g/mol. The first-order chi connectivity index (χ1) is 13.0. The molecule has 5 nitrogen and oxygen atoms in total. The van der Waals surface area contributed by atoms with Gasteiger partial charge in [0.25, 0.3) is 0 Å². The zero-order chi connectivity index (χ0) is 19.4. The van der Waals surface area contributed by atoms with Crippen molar-refractivity contribution in [2.45, 2.75) is 25.8 Å². The van der Waals surface area contributed by atoms with Crippen LogP contribution in [0.2, 0.25) is 0 Å². The summed E-state index contributed by atoms with van der Waals surface area (Å²) in [6.45, 7) is 3.54. The molecule has 1 amide bonds. The van der Waals surface area contributed by atoms with Gasteiger partial charge in [0.2, 0.25) is 5.91 Å². The molecule has 1 unspecified atom stereocenters. The molecule has 2 aromatic carbocycles. The third kappa shape index (κ3) is 4.08. The van der Waals surface area contributed by atoms with Crippen LogP contribution in [0.4, 0.5) is 5.69 Å². The van der Waals surface area contributed by atoms with Crippen molar-refractivity contribution in [2.75, 3.05) is 39.3 Å². The number of benzene rings is 2. The van der Waals surface area contributed by atoms with Gasteiger partial charge in [-0.2, -0.15) is 0 Å². The van der Waals surface area contributed by atoms with E-state index < -0.39 is 0 Å². The van der Waals surface area contributed by atoms with E-state index in [1.165, 1.54) is 5.56 Å². The van der Waals surface area contributed by atoms with Crippen LogP contribution in [-0.4, -0.2) is 51.2 Å². The molecule has 1 atom stereocenters. The number of likely N-dealkylation sites (N-methyl/N-ethyl adjacent to an activating group) is 1. The molecular weight excluding hydrogens is 340 g/mol. The Morgan fingerprint density at radius 3 is 2.63 bits per heavy atom. The van der Waals surface area contributed by atoms with E-state index in [1.807, 2.05) is 55.3 Å². The Hall–Kier alpha value is -2.53. The number of para-hydroxylation sites is 1. The zero-order valence-corrected chi connectivity index (χ0v) is 16.6. The van der Waals surface area contributed by atoms with Gasteiger partial charge in [0.05, 0.1) is 20.3 Å². The second-order valence-corrected chi connectivity index (χ2v) is 6.96. The van der Waals surface area contributed by atoms with Gasteiger partial charge in [0.15, 0.2) is 11.5 Å². The van der Waals surface area contributed by atoms with Gasteiger partial charge in [0, 0.05) is 18.8 Å². The minimum Gasteiger partial charge on any atom is -0.493 e. The van der Waals surface area contributed by atoms with Gasteiger partial charge in [-0.15, -0.1) is 0 Å². The van der Waals surface area contributed by atoms with Crippen LogP contribution in [0.1, 0.15) is 18.1 Å². The van der Waals surface area contributed by atoms with E-state index >= 15 is 0 Å². The van der Waals surface area contributed by atoms with E-state index in [-0.39, 0.29) is 11.9 Å². The Morgan fingerprint density at radius 2 is 1.89 bits per heavy atom. The summed E-state index contributed by atoms with van der Waals surface area (Å²) in [4.78, 5) is 17.0. The highest BCUT2D eigenvalue weighted by Gasteiger charge is 2.29. The summed E-state index contributed by atoms with van der Waals surface area (Å²) < 4.78 is 10.7. The number of fused-ring (bicyclic) bond motifs is 1. The fourth-order valence-corrected chi connectivity index (χ4v) is 3.52. The van der Waals surface area contributed by atoms with E-state index in [2.05, 4.69) is 11.0 Å². The van der Waals surface area contributed by atoms with Gasteiger partial charge < -0.3 is 14.4 Å². The average molecular weight is 368 g/mol. The maximum absolute atomic E-state index is 13.0. The molecule has 0 aromatic heterocycles. The van der Waals surface area contributed by atoms with Gasteiger partial charge in [0.1, 0.15) is 0 Å². The largest absolute Gasteiger partial charge is 0.493 e. The molecule has 0 spiro atoms. The Balaban J connectivity index is 1.61. The van der Waals surface area contributed by atoms with Crippen LogP contribution in [0.3, 0.4) is 0 Å². The number of rotatable bonds is 7. The number of hydrogen-bond acceptors (Lipinski definition) is 4. The number of ether oxygens (including phenoxy) is 2. The normalized spacial score (nSPS) is 14.2. The van der Waals surface area contributed by atoms with Crippen LogP contribution in [0.25, 0.3) is 0 Å². The molecule has 3 rings (SSSR count). The molecule has 0 N–H and O–H groups in total. The average Bonchev–Trinajstić information content (AvgIpc) is 3.14. The Morgan fingerprint density at radius 1 is 1.15 bits per heavy atom. The van der Waals surface area contributed by atoms with E-state index in [0.29, 0.717) is 0 Å². The van der Waals surface area contributed by atoms with Crippen molar-refractivity contribution in [1.29, 1.82) is 0 Å². The van der Waals surface area contributed by atoms with Crippen molar-refractivity contribution >= 4 is 11.6 Å². The topological polar surface area (TPSA) is 42.0 Å². The van der Waals surface area contributed by atoms with Gasteiger partial charge in [-0.25, -0.2) is 0 Å². The fraction of sp³-hybridized carbons (Fsp3) is 0.409. The number of amides is 1. The van der Waals surface area contributed by atoms with Gasteiger partial charge in [-0.05, 0) is 56.1 Å². The summed E-state index contributed by atoms with van der Waals surface area (Å²) >= 11 is 0. The predicted molar refractivity (Wildman–Crippen MR) is 108 cm³/mol. The first kappa shape index (κ1) is 19.2. The highest BCUT2D eigenvalue weighted by molar-refractivity contribution is 5.98. The molecule has 0 saturated carbocycles. The number of carbonyl (C=O) groups is 1. The lowest BCUT2D eigenvalue weighted by molar-refractivity contribution is -0.122. The summed E-state index contributed by atoms with van der Waals surface area (Å²) in [5.74, 6) is 1.62. The van der Waals surface area contributed by atoms with Crippen molar-refractivity contribution in [3.8, 4) is 11.5 Å². The molecule has 0 fully saturated rings. The molecule has 144 valence electrons. The summed E-state index contributed by atoms with van der Waals surface area (Å²) in [5, 5.41) is 0. The van der Waals surface area contributed by atoms with Crippen LogP contribution in [0.15, 0.2) is 42.5 Å². The van der Waals surface area contributed by atoms with Crippen molar-refractivity contribution < 1.29 is 14.3 Å². The Bertz CT molecular complexity index is 806. The lowest BCUT2D eigenvalue weighted by Crippen LogP contribution is -2.45. The molecule has 0 saturated heterocycles. The van der Waals surface area contributed by atoms with Crippen LogP contribution in [0.5, 0.6) is 11.5 Å². The van der Waals surface area contributed by atoms with Crippen LogP contribution in [-0.2, 0) is 17.6 Å². The first-order valence-electron chi connectivity index (χ1n) is 9.35. The molecule has 0 radical (unpaired) electrons. The number of carbonyl (C=O) groups excluding carboxylic acids is 1. The number of nitrogens with zero attached hydrogens (tertiary/aromatic N) is 2. The van der Waals surface area contributed by atoms with Crippen LogP contribution < -0.4 is 14.4 Å². The van der Waals surface area contributed by atoms with E-state index in [9.17, 15) is 4.79 Å². The maximum Gasteiger partial charge on any atom is 0.244 e. The van der Waals surface area contributed by atoms with Crippen LogP contribution >= 0.6 is 0 Å². The van der Waals surface area contributed by atoms with Crippen molar-refractivity contribution in [1.82, 2.24) is 4.90 Å². The van der Waals surface area contributed by atoms with Crippen LogP contribution in [0, 0.1) is 0 Å². The minimum atomic E-state index is -0.170. The highest BCUT2D eigenvalue weighted by Crippen LogP contribution is 2.29. The molecule has 2 aromatic rings. The second-order valence-electron chi connectivity index (χ2n) is 6.96. The number of hydrogen-bond donors (Lipinski definition) is 0. The van der Waals surface area contributed by atoms with E-state index in [1.54, 1.807) is 14.2 Å².